The van der Waals surface area contributed by atoms with Gasteiger partial charge in [0.1, 0.15) is 11.7 Å². The lowest BCUT2D eigenvalue weighted by molar-refractivity contribution is 0.454. The van der Waals surface area contributed by atoms with Crippen LogP contribution in [0.25, 0.3) is 13.2 Å². The Balaban J connectivity index is 3.66. The van der Waals surface area contributed by atoms with E-state index in [1.807, 2.05) is 0 Å². The molecule has 0 bridgehead atoms. The third-order valence-corrected chi connectivity index (χ3v) is 0.959. The highest BCUT2D eigenvalue weighted by molar-refractivity contribution is 5.21. The first-order chi connectivity index (χ1) is 3.72. The van der Waals surface area contributed by atoms with Crippen LogP contribution in [0, 0.1) is 0 Å². The summed E-state index contributed by atoms with van der Waals surface area (Å²) < 4.78 is 4.67. The van der Waals surface area contributed by atoms with Crippen molar-refractivity contribution in [1.82, 2.24) is 0 Å². The van der Waals surface area contributed by atoms with E-state index in [2.05, 4.69) is 17.6 Å². The largest absolute Gasteiger partial charge is 0.504 e. The molecular formula is C6H6O2. The topological polar surface area (TPSA) is 33.4 Å². The molecule has 0 aliphatic carbocycles. The van der Waals surface area contributed by atoms with Gasteiger partial charge in [-0.1, -0.05) is 13.2 Å². The van der Waals surface area contributed by atoms with Gasteiger partial charge in [0.05, 0.1) is 5.22 Å². The molecule has 0 aliphatic heterocycles. The molecule has 8 heavy (non-hydrogen) atoms. The highest BCUT2D eigenvalue weighted by Crippen LogP contribution is 1.91. The maximum atomic E-state index is 8.74. The SMILES string of the molecule is C=c1occ(O)c1=C. The first-order valence-electron chi connectivity index (χ1n) is 2.16. The highest BCUT2D eigenvalue weighted by Gasteiger charge is 1.90. The Morgan fingerprint density at radius 2 is 2.12 bits per heavy atom. The minimum absolute atomic E-state index is 0.0648. The lowest BCUT2D eigenvalue weighted by Crippen LogP contribution is -2.14. The van der Waals surface area contributed by atoms with Crippen molar-refractivity contribution in [2.75, 3.05) is 0 Å². The van der Waals surface area contributed by atoms with Crippen LogP contribution >= 0.6 is 0 Å². The van der Waals surface area contributed by atoms with Crippen LogP contribution in [0.4, 0.5) is 0 Å². The van der Waals surface area contributed by atoms with E-state index in [0.717, 1.165) is 0 Å². The molecule has 0 aliphatic rings. The van der Waals surface area contributed by atoms with E-state index in [0.29, 0.717) is 10.6 Å². The summed E-state index contributed by atoms with van der Waals surface area (Å²) in [6, 6.07) is 0. The van der Waals surface area contributed by atoms with Gasteiger partial charge in [0.15, 0.2) is 5.75 Å². The Bertz CT molecular complexity index is 271. The predicted octanol–water partition coefficient (Wildman–Crippen LogP) is -0.194. The van der Waals surface area contributed by atoms with E-state index < -0.39 is 0 Å². The number of rotatable bonds is 0. The maximum absolute atomic E-state index is 8.74. The van der Waals surface area contributed by atoms with E-state index in [9.17, 15) is 0 Å². The van der Waals surface area contributed by atoms with Crippen LogP contribution in [-0.2, 0) is 0 Å². The molecule has 0 spiro atoms. The van der Waals surface area contributed by atoms with Gasteiger partial charge in [-0.2, -0.15) is 0 Å². The molecule has 0 amide bonds. The average Bonchev–Trinajstić information content (AvgIpc) is 1.98. The summed E-state index contributed by atoms with van der Waals surface area (Å²) in [6.07, 6.45) is 1.21. The van der Waals surface area contributed by atoms with Crippen LogP contribution < -0.4 is 10.6 Å². The third-order valence-electron chi connectivity index (χ3n) is 0.959. The fourth-order valence-corrected chi connectivity index (χ4v) is 0.412. The van der Waals surface area contributed by atoms with Gasteiger partial charge in [-0.3, -0.25) is 0 Å². The fourth-order valence-electron chi connectivity index (χ4n) is 0.412. The van der Waals surface area contributed by atoms with Crippen LogP contribution in [0.2, 0.25) is 0 Å². The molecule has 0 unspecified atom stereocenters. The van der Waals surface area contributed by atoms with Gasteiger partial charge >= 0.3 is 0 Å². The molecule has 42 valence electrons. The summed E-state index contributed by atoms with van der Waals surface area (Å²) in [4.78, 5) is 0. The fraction of sp³-hybridized carbons (Fsp3) is 0. The van der Waals surface area contributed by atoms with E-state index in [1.165, 1.54) is 6.26 Å². The number of aromatic hydroxyl groups is 1. The van der Waals surface area contributed by atoms with Crippen molar-refractivity contribution < 1.29 is 9.52 Å². The average molecular weight is 110 g/mol. The van der Waals surface area contributed by atoms with Crippen LogP contribution in [0.3, 0.4) is 0 Å². The standard InChI is InChI=1S/C6H6O2/c1-4-5(2)8-3-6(4)7/h3,7H,1-2H2. The van der Waals surface area contributed by atoms with Crippen molar-refractivity contribution in [1.29, 1.82) is 0 Å². The zero-order chi connectivity index (χ0) is 6.15. The van der Waals surface area contributed by atoms with E-state index >= 15 is 0 Å². The van der Waals surface area contributed by atoms with Gasteiger partial charge in [0.2, 0.25) is 0 Å². The van der Waals surface area contributed by atoms with Crippen molar-refractivity contribution in [3.63, 3.8) is 0 Å². The Hall–Kier alpha value is -1.18. The van der Waals surface area contributed by atoms with Crippen LogP contribution in [0.5, 0.6) is 5.75 Å². The minimum Gasteiger partial charge on any atom is -0.504 e. The van der Waals surface area contributed by atoms with E-state index in [4.69, 9.17) is 5.11 Å². The summed E-state index contributed by atoms with van der Waals surface area (Å²) in [7, 11) is 0. The maximum Gasteiger partial charge on any atom is 0.161 e. The van der Waals surface area contributed by atoms with Gasteiger partial charge in [0, 0.05) is 0 Å². The molecule has 0 saturated heterocycles. The lowest BCUT2D eigenvalue weighted by Gasteiger charge is -1.70. The van der Waals surface area contributed by atoms with E-state index in [-0.39, 0.29) is 5.75 Å². The lowest BCUT2D eigenvalue weighted by atomic mass is 10.5. The van der Waals surface area contributed by atoms with Crippen LogP contribution in [0.1, 0.15) is 0 Å². The van der Waals surface area contributed by atoms with Crippen molar-refractivity contribution >= 4 is 13.2 Å². The molecule has 1 aromatic heterocycles. The molecule has 1 rings (SSSR count). The van der Waals surface area contributed by atoms with Crippen molar-refractivity contribution in [3.05, 3.63) is 16.9 Å². The molecule has 2 nitrogen and oxygen atoms in total. The highest BCUT2D eigenvalue weighted by atomic mass is 16.3. The molecule has 2 heteroatoms. The Labute approximate surface area is 46.4 Å². The zero-order valence-electron chi connectivity index (χ0n) is 4.35. The van der Waals surface area contributed by atoms with Gasteiger partial charge in [-0.15, -0.1) is 0 Å². The molecule has 0 saturated carbocycles. The molecule has 0 atom stereocenters. The number of furan rings is 1. The second-order valence-electron chi connectivity index (χ2n) is 1.52. The second-order valence-corrected chi connectivity index (χ2v) is 1.52. The first kappa shape index (κ1) is 4.97. The molecular weight excluding hydrogens is 104 g/mol. The van der Waals surface area contributed by atoms with Gasteiger partial charge in [-0.25, -0.2) is 0 Å². The van der Waals surface area contributed by atoms with Gasteiger partial charge < -0.3 is 9.52 Å². The molecule has 1 heterocycles. The van der Waals surface area contributed by atoms with Crippen molar-refractivity contribution in [2.24, 2.45) is 0 Å². The molecule has 1 aromatic rings. The van der Waals surface area contributed by atoms with Gasteiger partial charge in [-0.05, 0) is 0 Å². The third kappa shape index (κ3) is 0.503. The Kier molecular flexibility index (Phi) is 0.870. The summed E-state index contributed by atoms with van der Waals surface area (Å²) >= 11 is 0. The Morgan fingerprint density at radius 1 is 1.50 bits per heavy atom. The first-order valence-corrected chi connectivity index (χ1v) is 2.16. The summed E-state index contributed by atoms with van der Waals surface area (Å²) in [5, 5.41) is 9.21. The molecule has 0 radical (unpaired) electrons. The van der Waals surface area contributed by atoms with E-state index in [1.54, 1.807) is 0 Å². The summed E-state index contributed by atoms with van der Waals surface area (Å²) in [5.41, 5.74) is 0.419. The molecule has 0 fully saturated rings. The Morgan fingerprint density at radius 3 is 2.25 bits per heavy atom. The van der Waals surface area contributed by atoms with Crippen molar-refractivity contribution in [2.45, 2.75) is 0 Å². The van der Waals surface area contributed by atoms with Crippen molar-refractivity contribution in [3.8, 4) is 5.75 Å². The number of hydrogen-bond donors (Lipinski definition) is 1. The zero-order valence-corrected chi connectivity index (χ0v) is 4.35. The second kappa shape index (κ2) is 1.40. The molecule has 1 N–H and O–H groups in total. The summed E-state index contributed by atoms with van der Waals surface area (Å²) in [6.45, 7) is 6.93. The summed E-state index contributed by atoms with van der Waals surface area (Å²) in [5.74, 6) is 0.0648. The minimum atomic E-state index is 0.0648. The number of hydrogen-bond acceptors (Lipinski definition) is 2. The monoisotopic (exact) mass is 110 g/mol. The normalized spacial score (nSPS) is 9.50. The van der Waals surface area contributed by atoms with Crippen LogP contribution in [0.15, 0.2) is 10.7 Å². The smallest absolute Gasteiger partial charge is 0.161 e. The molecule has 0 aromatic carbocycles. The predicted molar refractivity (Wildman–Crippen MR) is 30.7 cm³/mol. The van der Waals surface area contributed by atoms with Crippen LogP contribution in [-0.4, -0.2) is 5.11 Å². The quantitative estimate of drug-likeness (QED) is 0.502. The van der Waals surface area contributed by atoms with Gasteiger partial charge in [0.25, 0.3) is 0 Å².